The number of hydrogen-bond acceptors (Lipinski definition) is 5. The fraction of sp³-hybridized carbons (Fsp3) is 0.308. The van der Waals surface area contributed by atoms with Crippen LogP contribution in [0, 0.1) is 5.82 Å². The second-order valence-corrected chi connectivity index (χ2v) is 5.55. The van der Waals surface area contributed by atoms with Crippen LogP contribution in [-0.2, 0) is 0 Å². The molecule has 3 heterocycles. The summed E-state index contributed by atoms with van der Waals surface area (Å²) in [5.74, 6) is 0.887. The lowest BCUT2D eigenvalue weighted by atomic mass is 10.2. The van der Waals surface area contributed by atoms with Crippen LogP contribution in [0.25, 0.3) is 0 Å². The highest BCUT2D eigenvalue weighted by atomic mass is 79.9. The zero-order valence-corrected chi connectivity index (χ0v) is 12.2. The van der Waals surface area contributed by atoms with E-state index in [1.807, 2.05) is 11.0 Å². The highest BCUT2D eigenvalue weighted by Crippen LogP contribution is 2.24. The van der Waals surface area contributed by atoms with Gasteiger partial charge >= 0.3 is 0 Å². The molecule has 0 saturated carbocycles. The summed E-state index contributed by atoms with van der Waals surface area (Å²) in [6.07, 6.45) is 5.73. The minimum absolute atomic E-state index is 0.231. The van der Waals surface area contributed by atoms with Crippen molar-refractivity contribution in [2.75, 3.05) is 23.3 Å². The summed E-state index contributed by atoms with van der Waals surface area (Å²) >= 11 is 3.21. The van der Waals surface area contributed by atoms with Gasteiger partial charge in [-0.25, -0.2) is 19.3 Å². The quantitative estimate of drug-likeness (QED) is 0.932. The molecule has 2 aromatic rings. The van der Waals surface area contributed by atoms with Crippen LogP contribution < -0.4 is 10.2 Å². The Morgan fingerprint density at radius 2 is 2.30 bits per heavy atom. The minimum atomic E-state index is -0.304. The first-order valence-electron chi connectivity index (χ1n) is 6.31. The van der Waals surface area contributed by atoms with Gasteiger partial charge in [0.1, 0.15) is 12.1 Å². The van der Waals surface area contributed by atoms with Gasteiger partial charge in [0.2, 0.25) is 0 Å². The van der Waals surface area contributed by atoms with Gasteiger partial charge in [-0.1, -0.05) is 0 Å². The summed E-state index contributed by atoms with van der Waals surface area (Å²) in [4.78, 5) is 14.1. The number of aromatic nitrogens is 3. The summed E-state index contributed by atoms with van der Waals surface area (Å²) in [5.41, 5.74) is 0. The lowest BCUT2D eigenvalue weighted by Crippen LogP contribution is -2.27. The number of anilines is 2. The molecule has 1 aliphatic heterocycles. The molecule has 0 aliphatic carbocycles. The fourth-order valence-corrected chi connectivity index (χ4v) is 2.60. The second-order valence-electron chi connectivity index (χ2n) is 4.63. The average Bonchev–Trinajstić information content (AvgIpc) is 2.88. The molecule has 1 atom stereocenters. The highest BCUT2D eigenvalue weighted by Gasteiger charge is 2.25. The molecule has 5 nitrogen and oxygen atoms in total. The van der Waals surface area contributed by atoms with Gasteiger partial charge in [-0.15, -0.1) is 0 Å². The third kappa shape index (κ3) is 2.87. The Kier molecular flexibility index (Phi) is 3.77. The normalized spacial score (nSPS) is 18.3. The van der Waals surface area contributed by atoms with Gasteiger partial charge in [-0.2, -0.15) is 0 Å². The number of hydrogen-bond donors (Lipinski definition) is 1. The molecule has 1 unspecified atom stereocenters. The van der Waals surface area contributed by atoms with Crippen LogP contribution in [0.5, 0.6) is 0 Å². The Hall–Kier alpha value is -1.76. The lowest BCUT2D eigenvalue weighted by molar-refractivity contribution is 0.614. The molecule has 1 N–H and O–H groups in total. The maximum Gasteiger partial charge on any atom is 0.166 e. The third-order valence-electron chi connectivity index (χ3n) is 3.21. The van der Waals surface area contributed by atoms with Crippen LogP contribution in [0.4, 0.5) is 16.0 Å². The monoisotopic (exact) mass is 337 g/mol. The minimum Gasteiger partial charge on any atom is -0.365 e. The van der Waals surface area contributed by atoms with Crippen LogP contribution in [0.3, 0.4) is 0 Å². The van der Waals surface area contributed by atoms with Crippen molar-refractivity contribution >= 4 is 27.6 Å². The first-order valence-corrected chi connectivity index (χ1v) is 7.10. The van der Waals surface area contributed by atoms with E-state index in [4.69, 9.17) is 0 Å². The van der Waals surface area contributed by atoms with Crippen molar-refractivity contribution < 1.29 is 4.39 Å². The molecule has 0 amide bonds. The molecular weight excluding hydrogens is 325 g/mol. The molecule has 1 fully saturated rings. The molecule has 20 heavy (non-hydrogen) atoms. The van der Waals surface area contributed by atoms with Crippen molar-refractivity contribution in [1.29, 1.82) is 0 Å². The summed E-state index contributed by atoms with van der Waals surface area (Å²) in [6.45, 7) is 1.48. The first kappa shape index (κ1) is 13.2. The van der Waals surface area contributed by atoms with E-state index >= 15 is 0 Å². The van der Waals surface area contributed by atoms with E-state index < -0.39 is 0 Å². The molecule has 0 aromatic carbocycles. The Balaban J connectivity index is 1.67. The smallest absolute Gasteiger partial charge is 0.166 e. The summed E-state index contributed by atoms with van der Waals surface area (Å²) < 4.78 is 14.5. The van der Waals surface area contributed by atoms with Gasteiger partial charge in [-0.3, -0.25) is 0 Å². The van der Waals surface area contributed by atoms with E-state index in [1.165, 1.54) is 12.4 Å². The lowest BCUT2D eigenvalue weighted by Gasteiger charge is -2.18. The number of rotatable bonds is 3. The average molecular weight is 338 g/mol. The zero-order chi connectivity index (χ0) is 13.9. The molecule has 0 spiro atoms. The summed E-state index contributed by atoms with van der Waals surface area (Å²) in [6, 6.07) is 3.49. The molecule has 1 saturated heterocycles. The van der Waals surface area contributed by atoms with E-state index in [0.717, 1.165) is 18.8 Å². The number of pyridine rings is 1. The maximum absolute atomic E-state index is 13.9. The van der Waals surface area contributed by atoms with Crippen molar-refractivity contribution in [3.8, 4) is 0 Å². The highest BCUT2D eigenvalue weighted by molar-refractivity contribution is 9.10. The van der Waals surface area contributed by atoms with Crippen molar-refractivity contribution in [2.24, 2.45) is 0 Å². The van der Waals surface area contributed by atoms with Gasteiger partial charge in [0, 0.05) is 36.0 Å². The standard InChI is InChI=1S/C13H13BrFN5/c14-9-5-11(15)13(17-6-9)20-4-2-10(7-20)19-12-1-3-16-8-18-12/h1,3,5-6,8,10H,2,4,7H2,(H,16,18,19). The van der Waals surface area contributed by atoms with Gasteiger partial charge in [-0.05, 0) is 34.5 Å². The fourth-order valence-electron chi connectivity index (χ4n) is 2.30. The number of halogens is 2. The second kappa shape index (κ2) is 5.70. The van der Waals surface area contributed by atoms with Crippen LogP contribution >= 0.6 is 15.9 Å². The molecule has 1 aliphatic rings. The van der Waals surface area contributed by atoms with Crippen LogP contribution in [0.1, 0.15) is 6.42 Å². The van der Waals surface area contributed by atoms with E-state index in [9.17, 15) is 4.39 Å². The maximum atomic E-state index is 13.9. The van der Waals surface area contributed by atoms with Crippen LogP contribution in [-0.4, -0.2) is 34.1 Å². The largest absolute Gasteiger partial charge is 0.365 e. The van der Waals surface area contributed by atoms with Crippen LogP contribution in [0.15, 0.2) is 35.3 Å². The molecule has 3 rings (SSSR count). The van der Waals surface area contributed by atoms with Crippen LogP contribution in [0.2, 0.25) is 0 Å². The molecule has 7 heteroatoms. The van der Waals surface area contributed by atoms with Crippen molar-refractivity contribution in [2.45, 2.75) is 12.5 Å². The van der Waals surface area contributed by atoms with E-state index in [-0.39, 0.29) is 11.9 Å². The predicted octanol–water partition coefficient (Wildman–Crippen LogP) is 2.46. The molecule has 0 radical (unpaired) electrons. The summed E-state index contributed by atoms with van der Waals surface area (Å²) in [5, 5.41) is 3.32. The van der Waals surface area contributed by atoms with Gasteiger partial charge in [0.05, 0.1) is 0 Å². The predicted molar refractivity (Wildman–Crippen MR) is 78.2 cm³/mol. The molecule has 104 valence electrons. The van der Waals surface area contributed by atoms with Crippen molar-refractivity contribution in [1.82, 2.24) is 15.0 Å². The van der Waals surface area contributed by atoms with E-state index in [0.29, 0.717) is 16.8 Å². The van der Waals surface area contributed by atoms with Crippen molar-refractivity contribution in [3.05, 3.63) is 41.1 Å². The topological polar surface area (TPSA) is 53.9 Å². The third-order valence-corrected chi connectivity index (χ3v) is 3.64. The van der Waals surface area contributed by atoms with Gasteiger partial charge < -0.3 is 10.2 Å². The SMILES string of the molecule is Fc1cc(Br)cnc1N1CCC(Nc2ccncn2)C1. The van der Waals surface area contributed by atoms with Gasteiger partial charge in [0.15, 0.2) is 11.6 Å². The first-order chi connectivity index (χ1) is 9.72. The Bertz CT molecular complexity index is 595. The Morgan fingerprint density at radius 3 is 3.05 bits per heavy atom. The number of nitrogens with one attached hydrogen (secondary N) is 1. The zero-order valence-electron chi connectivity index (χ0n) is 10.6. The molecule has 2 aromatic heterocycles. The Morgan fingerprint density at radius 1 is 1.40 bits per heavy atom. The van der Waals surface area contributed by atoms with Crippen molar-refractivity contribution in [3.63, 3.8) is 0 Å². The molecular formula is C13H13BrFN5. The Labute approximate surface area is 124 Å². The van der Waals surface area contributed by atoms with E-state index in [1.54, 1.807) is 12.4 Å². The summed E-state index contributed by atoms with van der Waals surface area (Å²) in [7, 11) is 0. The molecule has 0 bridgehead atoms. The number of nitrogens with zero attached hydrogens (tertiary/aromatic N) is 4. The van der Waals surface area contributed by atoms with E-state index in [2.05, 4.69) is 36.2 Å². The van der Waals surface area contributed by atoms with Gasteiger partial charge in [0.25, 0.3) is 0 Å².